The van der Waals surface area contributed by atoms with Crippen molar-refractivity contribution in [2.24, 2.45) is 4.99 Å². The van der Waals surface area contributed by atoms with E-state index in [9.17, 15) is 22.8 Å². The molecule has 1 aliphatic rings. The monoisotopic (exact) mass is 385 g/mol. The Kier molecular flexibility index (Phi) is 6.03. The predicted molar refractivity (Wildman–Crippen MR) is 89.7 cm³/mol. The summed E-state index contributed by atoms with van der Waals surface area (Å²) < 4.78 is 41.1. The van der Waals surface area contributed by atoms with Gasteiger partial charge in [-0.3, -0.25) is 14.6 Å². The molecule has 0 aliphatic carbocycles. The number of nitrogens with zero attached hydrogens (tertiary/aromatic N) is 2. The van der Waals surface area contributed by atoms with E-state index >= 15 is 0 Å². The number of ether oxygens (including phenoxy) is 1. The maximum atomic E-state index is 12.5. The standard InChI is InChI=1S/C16H18F3N5O3/c1-10-12(3-4-13(23-10)27-9-16(17,18)19)7-21-14(26)15(24-11(2)25)8-20-5-6-22-15/h3-6,8,22H,7,9H2,1-2H3,(H,21,26)(H,24,25). The number of pyridine rings is 1. The summed E-state index contributed by atoms with van der Waals surface area (Å²) in [6, 6.07) is 2.79. The highest BCUT2D eigenvalue weighted by atomic mass is 19.4. The quantitative estimate of drug-likeness (QED) is 0.676. The predicted octanol–water partition coefficient (Wildman–Crippen LogP) is 0.925. The first-order chi connectivity index (χ1) is 12.6. The molecule has 2 amide bonds. The van der Waals surface area contributed by atoms with Gasteiger partial charge in [0, 0.05) is 37.6 Å². The molecule has 1 aromatic rings. The number of hydrogen-bond acceptors (Lipinski definition) is 6. The maximum Gasteiger partial charge on any atom is 0.422 e. The Morgan fingerprint density at radius 1 is 1.33 bits per heavy atom. The molecule has 0 radical (unpaired) electrons. The van der Waals surface area contributed by atoms with Crippen molar-refractivity contribution < 1.29 is 27.5 Å². The minimum absolute atomic E-state index is 0.0395. The van der Waals surface area contributed by atoms with Crippen LogP contribution in [-0.2, 0) is 16.1 Å². The van der Waals surface area contributed by atoms with E-state index in [1.54, 1.807) is 6.92 Å². The lowest BCUT2D eigenvalue weighted by molar-refractivity contribution is -0.154. The van der Waals surface area contributed by atoms with Gasteiger partial charge in [0.05, 0.1) is 6.21 Å². The van der Waals surface area contributed by atoms with Gasteiger partial charge in [0.1, 0.15) is 0 Å². The van der Waals surface area contributed by atoms with Crippen LogP contribution in [0.5, 0.6) is 5.88 Å². The number of halogens is 3. The molecule has 2 heterocycles. The van der Waals surface area contributed by atoms with Gasteiger partial charge >= 0.3 is 6.18 Å². The zero-order chi connectivity index (χ0) is 20.1. The van der Waals surface area contributed by atoms with Crippen LogP contribution < -0.4 is 20.7 Å². The van der Waals surface area contributed by atoms with Gasteiger partial charge in [-0.2, -0.15) is 13.2 Å². The van der Waals surface area contributed by atoms with Crippen molar-refractivity contribution in [2.45, 2.75) is 32.2 Å². The van der Waals surface area contributed by atoms with Crippen molar-refractivity contribution in [1.82, 2.24) is 20.9 Å². The summed E-state index contributed by atoms with van der Waals surface area (Å²) in [6.07, 6.45) is -0.373. The Balaban J connectivity index is 2.02. The van der Waals surface area contributed by atoms with E-state index in [1.807, 2.05) is 0 Å². The second kappa shape index (κ2) is 8.06. The first-order valence-corrected chi connectivity index (χ1v) is 7.81. The Morgan fingerprint density at radius 3 is 2.63 bits per heavy atom. The molecule has 1 aliphatic heterocycles. The third-order valence-electron chi connectivity index (χ3n) is 3.46. The molecular formula is C16H18F3N5O3. The second-order valence-electron chi connectivity index (χ2n) is 5.71. The fourth-order valence-electron chi connectivity index (χ4n) is 2.24. The van der Waals surface area contributed by atoms with E-state index in [4.69, 9.17) is 0 Å². The highest BCUT2D eigenvalue weighted by molar-refractivity contribution is 6.06. The van der Waals surface area contributed by atoms with Crippen LogP contribution in [0.3, 0.4) is 0 Å². The van der Waals surface area contributed by atoms with Crippen molar-refractivity contribution in [2.75, 3.05) is 6.61 Å². The fraction of sp³-hybridized carbons (Fsp3) is 0.375. The third-order valence-corrected chi connectivity index (χ3v) is 3.46. The minimum atomic E-state index is -4.46. The van der Waals surface area contributed by atoms with E-state index in [0.717, 1.165) is 0 Å². The molecule has 146 valence electrons. The lowest BCUT2D eigenvalue weighted by Gasteiger charge is -2.30. The van der Waals surface area contributed by atoms with Gasteiger partial charge in [-0.05, 0) is 12.5 Å². The number of nitrogens with one attached hydrogen (secondary N) is 3. The van der Waals surface area contributed by atoms with E-state index in [2.05, 4.69) is 30.7 Å². The van der Waals surface area contributed by atoms with Gasteiger partial charge in [0.15, 0.2) is 6.61 Å². The smallest absolute Gasteiger partial charge is 0.422 e. The van der Waals surface area contributed by atoms with Gasteiger partial charge < -0.3 is 20.7 Å². The van der Waals surface area contributed by atoms with Crippen LogP contribution in [0.25, 0.3) is 0 Å². The zero-order valence-electron chi connectivity index (χ0n) is 14.6. The Morgan fingerprint density at radius 2 is 2.07 bits per heavy atom. The summed E-state index contributed by atoms with van der Waals surface area (Å²) in [4.78, 5) is 31.7. The van der Waals surface area contributed by atoms with Crippen molar-refractivity contribution in [3.8, 4) is 5.88 Å². The minimum Gasteiger partial charge on any atom is -0.468 e. The van der Waals surface area contributed by atoms with Crippen LogP contribution in [0.1, 0.15) is 18.2 Å². The molecule has 0 saturated carbocycles. The largest absolute Gasteiger partial charge is 0.468 e. The number of carbonyl (C=O) groups excluding carboxylic acids is 2. The fourth-order valence-corrected chi connectivity index (χ4v) is 2.24. The first-order valence-electron chi connectivity index (χ1n) is 7.81. The molecule has 0 bridgehead atoms. The highest BCUT2D eigenvalue weighted by Gasteiger charge is 2.37. The molecule has 3 N–H and O–H groups in total. The number of carbonyl (C=O) groups is 2. The van der Waals surface area contributed by atoms with Gasteiger partial charge in [0.25, 0.3) is 5.91 Å². The van der Waals surface area contributed by atoms with E-state index in [1.165, 1.54) is 37.7 Å². The molecular weight excluding hydrogens is 367 g/mol. The number of aliphatic imine (C=N–C) groups is 1. The topological polar surface area (TPSA) is 105 Å². The molecule has 0 saturated heterocycles. The zero-order valence-corrected chi connectivity index (χ0v) is 14.6. The summed E-state index contributed by atoms with van der Waals surface area (Å²) >= 11 is 0. The molecule has 0 spiro atoms. The molecule has 8 nitrogen and oxygen atoms in total. The van der Waals surface area contributed by atoms with Crippen LogP contribution >= 0.6 is 0 Å². The summed E-state index contributed by atoms with van der Waals surface area (Å²) in [5, 5.41) is 7.85. The SMILES string of the molecule is CC(=O)NC1(C(=O)NCc2ccc(OCC(F)(F)F)nc2C)C=NC=CN1. The molecule has 0 aromatic carbocycles. The van der Waals surface area contributed by atoms with Crippen LogP contribution in [0.15, 0.2) is 29.5 Å². The maximum absolute atomic E-state index is 12.5. The number of amides is 2. The second-order valence-corrected chi connectivity index (χ2v) is 5.71. The van der Waals surface area contributed by atoms with Crippen LogP contribution in [0.2, 0.25) is 0 Å². The lowest BCUT2D eigenvalue weighted by atomic mass is 10.1. The summed E-state index contributed by atoms with van der Waals surface area (Å²) in [7, 11) is 0. The number of aromatic nitrogens is 1. The lowest BCUT2D eigenvalue weighted by Crippen LogP contribution is -2.67. The van der Waals surface area contributed by atoms with Crippen molar-refractivity contribution in [3.05, 3.63) is 35.8 Å². The first kappa shape index (κ1) is 20.2. The summed E-state index contributed by atoms with van der Waals surface area (Å²) in [6.45, 7) is 1.44. The summed E-state index contributed by atoms with van der Waals surface area (Å²) in [5.41, 5.74) is -0.560. The molecule has 2 rings (SSSR count). The van der Waals surface area contributed by atoms with Gasteiger partial charge in [-0.25, -0.2) is 4.98 Å². The van der Waals surface area contributed by atoms with Gasteiger partial charge in [-0.1, -0.05) is 6.07 Å². The van der Waals surface area contributed by atoms with Crippen LogP contribution in [0, 0.1) is 6.92 Å². The van der Waals surface area contributed by atoms with Crippen LogP contribution in [-0.4, -0.2) is 41.5 Å². The number of rotatable bonds is 6. The highest BCUT2D eigenvalue weighted by Crippen LogP contribution is 2.18. The number of alkyl halides is 3. The molecule has 1 unspecified atom stereocenters. The average molecular weight is 385 g/mol. The summed E-state index contributed by atoms with van der Waals surface area (Å²) in [5.74, 6) is -1.17. The third kappa shape index (κ3) is 5.69. The molecule has 0 fully saturated rings. The number of hydrogen-bond donors (Lipinski definition) is 3. The Hall–Kier alpha value is -3.11. The normalized spacial score (nSPS) is 18.6. The molecule has 1 aromatic heterocycles. The Bertz CT molecular complexity index is 779. The van der Waals surface area contributed by atoms with Gasteiger partial charge in [-0.15, -0.1) is 0 Å². The van der Waals surface area contributed by atoms with Crippen LogP contribution in [0.4, 0.5) is 13.2 Å². The van der Waals surface area contributed by atoms with Crippen molar-refractivity contribution in [1.29, 1.82) is 0 Å². The Labute approximate surface area is 152 Å². The number of aryl methyl sites for hydroxylation is 1. The van der Waals surface area contributed by atoms with E-state index in [-0.39, 0.29) is 12.4 Å². The van der Waals surface area contributed by atoms with Crippen molar-refractivity contribution in [3.63, 3.8) is 0 Å². The van der Waals surface area contributed by atoms with Crippen molar-refractivity contribution >= 4 is 18.0 Å². The molecule has 1 atom stereocenters. The van der Waals surface area contributed by atoms with E-state index in [0.29, 0.717) is 11.3 Å². The van der Waals surface area contributed by atoms with Gasteiger partial charge in [0.2, 0.25) is 17.5 Å². The molecule has 11 heteroatoms. The molecule has 27 heavy (non-hydrogen) atoms. The average Bonchev–Trinajstić information content (AvgIpc) is 2.58. The van der Waals surface area contributed by atoms with E-state index < -0.39 is 30.3 Å².